The number of phenolic OH excluding ortho intramolecular Hbond substituents is 1. The summed E-state index contributed by atoms with van der Waals surface area (Å²) < 4.78 is 11.3. The fourth-order valence-corrected chi connectivity index (χ4v) is 3.39. The van der Waals surface area contributed by atoms with Gasteiger partial charge in [-0.15, -0.1) is 0 Å². The zero-order valence-electron chi connectivity index (χ0n) is 15.6. The van der Waals surface area contributed by atoms with Crippen molar-refractivity contribution in [2.24, 2.45) is 0 Å². The summed E-state index contributed by atoms with van der Waals surface area (Å²) in [5, 5.41) is 48.8. The molecule has 3 rings (SSSR count). The molecule has 2 aromatic rings. The number of carbonyl (C=O) groups is 1. The monoisotopic (exact) mass is 404 g/mol. The van der Waals surface area contributed by atoms with E-state index in [1.54, 1.807) is 24.3 Å². The van der Waals surface area contributed by atoms with E-state index >= 15 is 0 Å². The molecule has 1 fully saturated rings. The average molecular weight is 404 g/mol. The second-order valence-corrected chi connectivity index (χ2v) is 7.02. The number of aromatic hydroxyl groups is 1. The van der Waals surface area contributed by atoms with Crippen LogP contribution in [-0.2, 0) is 11.2 Å². The maximum Gasteiger partial charge on any atom is 0.339 e. The molecule has 0 aliphatic carbocycles. The molecule has 0 aromatic heterocycles. The zero-order valence-corrected chi connectivity index (χ0v) is 15.6. The standard InChI is InChI=1S/C21H24O8/c22-11-16-9-15(24)10-19(28-16)29-18-3-1-2-13(20(18)21(26)27)8-17(25)12-4-6-14(23)7-5-12/h1-7,15-17,19,22-25H,8-11H2,(H,26,27)/t15?,16-,17?,19-/m0/s1. The lowest BCUT2D eigenvalue weighted by molar-refractivity contribution is -0.184. The van der Waals surface area contributed by atoms with Crippen molar-refractivity contribution in [1.82, 2.24) is 0 Å². The number of carboxylic acids is 1. The summed E-state index contributed by atoms with van der Waals surface area (Å²) in [5.41, 5.74) is 0.801. The van der Waals surface area contributed by atoms with Gasteiger partial charge in [0.25, 0.3) is 0 Å². The Balaban J connectivity index is 1.82. The molecule has 1 saturated heterocycles. The van der Waals surface area contributed by atoms with E-state index in [0.717, 1.165) is 0 Å². The van der Waals surface area contributed by atoms with Gasteiger partial charge in [-0.1, -0.05) is 24.3 Å². The van der Waals surface area contributed by atoms with E-state index in [2.05, 4.69) is 0 Å². The lowest BCUT2D eigenvalue weighted by Gasteiger charge is -2.32. The maximum atomic E-state index is 11.9. The highest BCUT2D eigenvalue weighted by molar-refractivity contribution is 5.92. The third-order valence-electron chi connectivity index (χ3n) is 4.82. The minimum atomic E-state index is -1.22. The van der Waals surface area contributed by atoms with Gasteiger partial charge in [-0.2, -0.15) is 0 Å². The van der Waals surface area contributed by atoms with Crippen LogP contribution in [0.5, 0.6) is 11.5 Å². The number of aliphatic hydroxyl groups is 3. The van der Waals surface area contributed by atoms with Crippen molar-refractivity contribution in [1.29, 1.82) is 0 Å². The highest BCUT2D eigenvalue weighted by Gasteiger charge is 2.30. The van der Waals surface area contributed by atoms with E-state index in [1.807, 2.05) is 0 Å². The molecule has 2 aromatic carbocycles. The Bertz CT molecular complexity index is 835. The van der Waals surface area contributed by atoms with Crippen LogP contribution in [-0.4, -0.2) is 56.6 Å². The number of carboxylic acid groups (broad SMARTS) is 1. The van der Waals surface area contributed by atoms with Crippen LogP contribution < -0.4 is 4.74 Å². The van der Waals surface area contributed by atoms with Crippen molar-refractivity contribution in [3.05, 3.63) is 59.2 Å². The van der Waals surface area contributed by atoms with Gasteiger partial charge in [0.15, 0.2) is 0 Å². The van der Waals surface area contributed by atoms with Crippen LogP contribution in [0.2, 0.25) is 0 Å². The first kappa shape index (κ1) is 21.1. The molecule has 0 spiro atoms. The van der Waals surface area contributed by atoms with Crippen molar-refractivity contribution < 1.29 is 39.8 Å². The predicted molar refractivity (Wildman–Crippen MR) is 102 cm³/mol. The number of aliphatic hydroxyl groups excluding tert-OH is 3. The van der Waals surface area contributed by atoms with Crippen LogP contribution in [0.25, 0.3) is 0 Å². The molecule has 5 N–H and O–H groups in total. The fourth-order valence-electron chi connectivity index (χ4n) is 3.39. The first-order chi connectivity index (χ1) is 13.9. The molecule has 1 aliphatic heterocycles. The quantitative estimate of drug-likeness (QED) is 0.469. The minimum absolute atomic E-state index is 0.0248. The van der Waals surface area contributed by atoms with Gasteiger partial charge in [0.2, 0.25) is 6.29 Å². The lowest BCUT2D eigenvalue weighted by atomic mass is 9.97. The van der Waals surface area contributed by atoms with Crippen molar-refractivity contribution in [3.63, 3.8) is 0 Å². The van der Waals surface area contributed by atoms with E-state index in [1.165, 1.54) is 18.2 Å². The van der Waals surface area contributed by atoms with Crippen LogP contribution in [0.4, 0.5) is 0 Å². The number of aromatic carboxylic acids is 1. The van der Waals surface area contributed by atoms with E-state index < -0.39 is 30.6 Å². The van der Waals surface area contributed by atoms with E-state index in [9.17, 15) is 30.3 Å². The summed E-state index contributed by atoms with van der Waals surface area (Å²) in [4.78, 5) is 11.9. The van der Waals surface area contributed by atoms with Gasteiger partial charge in [-0.25, -0.2) is 4.79 Å². The molecular formula is C21H24O8. The first-order valence-electron chi connectivity index (χ1n) is 9.30. The molecule has 8 nitrogen and oxygen atoms in total. The molecule has 2 unspecified atom stereocenters. The maximum absolute atomic E-state index is 11.9. The van der Waals surface area contributed by atoms with Crippen LogP contribution in [0.1, 0.15) is 40.4 Å². The minimum Gasteiger partial charge on any atom is -0.508 e. The van der Waals surface area contributed by atoms with Crippen LogP contribution in [0.15, 0.2) is 42.5 Å². The second-order valence-electron chi connectivity index (χ2n) is 7.02. The van der Waals surface area contributed by atoms with E-state index in [0.29, 0.717) is 11.1 Å². The zero-order chi connectivity index (χ0) is 21.0. The summed E-state index contributed by atoms with van der Waals surface area (Å²) in [6.07, 6.45) is -2.73. The first-order valence-corrected chi connectivity index (χ1v) is 9.30. The molecule has 29 heavy (non-hydrogen) atoms. The number of ether oxygens (including phenoxy) is 2. The van der Waals surface area contributed by atoms with Gasteiger partial charge < -0.3 is 35.0 Å². The molecule has 0 radical (unpaired) electrons. The molecule has 0 bridgehead atoms. The Kier molecular flexibility index (Phi) is 6.71. The Morgan fingerprint density at radius 2 is 1.90 bits per heavy atom. The Labute approximate surface area is 167 Å². The number of rotatable bonds is 7. The number of hydrogen-bond donors (Lipinski definition) is 5. The van der Waals surface area contributed by atoms with Crippen molar-refractivity contribution >= 4 is 5.97 Å². The smallest absolute Gasteiger partial charge is 0.339 e. The van der Waals surface area contributed by atoms with Crippen LogP contribution >= 0.6 is 0 Å². The van der Waals surface area contributed by atoms with Crippen LogP contribution in [0, 0.1) is 0 Å². The average Bonchev–Trinajstić information content (AvgIpc) is 2.67. The molecule has 156 valence electrons. The highest BCUT2D eigenvalue weighted by atomic mass is 16.7. The highest BCUT2D eigenvalue weighted by Crippen LogP contribution is 2.30. The molecule has 4 atom stereocenters. The normalized spacial score (nSPS) is 22.8. The van der Waals surface area contributed by atoms with Gasteiger partial charge in [-0.05, 0) is 29.3 Å². The summed E-state index contributed by atoms with van der Waals surface area (Å²) in [6, 6.07) is 10.7. The van der Waals surface area contributed by atoms with Gasteiger partial charge in [0, 0.05) is 19.3 Å². The van der Waals surface area contributed by atoms with Gasteiger partial charge in [-0.3, -0.25) is 0 Å². The Hall–Kier alpha value is -2.65. The molecule has 0 amide bonds. The van der Waals surface area contributed by atoms with Crippen molar-refractivity contribution in [3.8, 4) is 11.5 Å². The summed E-state index contributed by atoms with van der Waals surface area (Å²) >= 11 is 0. The van der Waals surface area contributed by atoms with Crippen molar-refractivity contribution in [2.45, 2.75) is 43.9 Å². The summed E-state index contributed by atoms with van der Waals surface area (Å²) in [6.45, 7) is -0.276. The molecule has 8 heteroatoms. The van der Waals surface area contributed by atoms with Gasteiger partial charge >= 0.3 is 5.97 Å². The molecule has 1 heterocycles. The predicted octanol–water partition coefficient (Wildman–Crippen LogP) is 1.60. The largest absolute Gasteiger partial charge is 0.508 e. The number of phenols is 1. The third-order valence-corrected chi connectivity index (χ3v) is 4.82. The summed E-state index contributed by atoms with van der Waals surface area (Å²) in [7, 11) is 0. The number of benzene rings is 2. The Morgan fingerprint density at radius 3 is 2.55 bits per heavy atom. The van der Waals surface area contributed by atoms with Gasteiger partial charge in [0.05, 0.1) is 24.9 Å². The van der Waals surface area contributed by atoms with E-state index in [-0.39, 0.29) is 42.9 Å². The SMILES string of the molecule is O=C(O)c1c(CC(O)c2ccc(O)cc2)cccc1O[C@H]1CC(O)C[C@@H](CO)O1. The third kappa shape index (κ3) is 5.24. The summed E-state index contributed by atoms with van der Waals surface area (Å²) in [5.74, 6) is -1.09. The van der Waals surface area contributed by atoms with Crippen LogP contribution in [0.3, 0.4) is 0 Å². The second kappa shape index (κ2) is 9.23. The van der Waals surface area contributed by atoms with E-state index in [4.69, 9.17) is 9.47 Å². The number of hydrogen-bond acceptors (Lipinski definition) is 7. The molecule has 1 aliphatic rings. The van der Waals surface area contributed by atoms with Crippen molar-refractivity contribution in [2.75, 3.05) is 6.61 Å². The molecule has 0 saturated carbocycles. The fraction of sp³-hybridized carbons (Fsp3) is 0.381. The Morgan fingerprint density at radius 1 is 1.17 bits per heavy atom. The lowest BCUT2D eigenvalue weighted by Crippen LogP contribution is -2.40. The van der Waals surface area contributed by atoms with Gasteiger partial charge in [0.1, 0.15) is 17.1 Å². The molecular weight excluding hydrogens is 380 g/mol. The topological polar surface area (TPSA) is 137 Å².